The van der Waals surface area contributed by atoms with Gasteiger partial charge in [0.25, 0.3) is 0 Å². The summed E-state index contributed by atoms with van der Waals surface area (Å²) in [5.74, 6) is 2.47. The van der Waals surface area contributed by atoms with Crippen molar-refractivity contribution >= 4 is 0 Å². The number of ether oxygens (including phenoxy) is 1. The molecule has 6 atom stereocenters. The van der Waals surface area contributed by atoms with Gasteiger partial charge in [0, 0.05) is 5.92 Å². The second kappa shape index (κ2) is 1.60. The second-order valence-corrected chi connectivity index (χ2v) is 5.12. The molecule has 6 unspecified atom stereocenters. The quantitative estimate of drug-likeness (QED) is 0.547. The Labute approximate surface area is 71.9 Å². The van der Waals surface area contributed by atoms with Gasteiger partial charge >= 0.3 is 0 Å². The molecule has 2 bridgehead atoms. The number of epoxide rings is 1. The molecule has 1 saturated heterocycles. The summed E-state index contributed by atoms with van der Waals surface area (Å²) in [6.07, 6.45) is 5.55. The van der Waals surface area contributed by atoms with Crippen LogP contribution in [0.2, 0.25) is 0 Å². The van der Waals surface area contributed by atoms with Gasteiger partial charge in [-0.15, -0.1) is 0 Å². The summed E-state index contributed by atoms with van der Waals surface area (Å²) in [6.45, 7) is 0. The van der Waals surface area contributed by atoms with Gasteiger partial charge in [-0.05, 0) is 43.4 Å². The molecule has 66 valence electrons. The molecule has 1 heterocycles. The lowest BCUT2D eigenvalue weighted by Gasteiger charge is -2.28. The smallest absolute Gasteiger partial charge is 0.196 e. The van der Waals surface area contributed by atoms with Crippen molar-refractivity contribution in [2.75, 3.05) is 0 Å². The third-order valence-corrected chi connectivity index (χ3v) is 4.79. The first kappa shape index (κ1) is 6.39. The Morgan fingerprint density at radius 1 is 1.17 bits per heavy atom. The van der Waals surface area contributed by atoms with Crippen LogP contribution < -0.4 is 0 Å². The Morgan fingerprint density at radius 2 is 2.00 bits per heavy atom. The zero-order valence-electron chi connectivity index (χ0n) is 7.07. The average Bonchev–Trinajstić information content (AvgIpc) is 2.53. The summed E-state index contributed by atoms with van der Waals surface area (Å²) in [7, 11) is 0. The average molecular weight is 166 g/mol. The molecule has 12 heavy (non-hydrogen) atoms. The third kappa shape index (κ3) is 0.495. The monoisotopic (exact) mass is 166 g/mol. The minimum absolute atomic E-state index is 0.232. The minimum atomic E-state index is -0.634. The highest BCUT2D eigenvalue weighted by Crippen LogP contribution is 2.68. The van der Waals surface area contributed by atoms with E-state index in [4.69, 9.17) is 4.74 Å². The highest BCUT2D eigenvalue weighted by Gasteiger charge is 2.73. The summed E-state index contributed by atoms with van der Waals surface area (Å²) in [5, 5.41) is 10.0. The van der Waals surface area contributed by atoms with Gasteiger partial charge in [0.15, 0.2) is 5.79 Å². The van der Waals surface area contributed by atoms with Crippen molar-refractivity contribution in [1.82, 2.24) is 0 Å². The largest absolute Gasteiger partial charge is 0.363 e. The molecule has 2 nitrogen and oxygen atoms in total. The highest BCUT2D eigenvalue weighted by molar-refractivity contribution is 5.16. The summed E-state index contributed by atoms with van der Waals surface area (Å²) >= 11 is 0. The van der Waals surface area contributed by atoms with E-state index in [0.29, 0.717) is 5.92 Å². The van der Waals surface area contributed by atoms with Gasteiger partial charge in [-0.1, -0.05) is 0 Å². The molecular weight excluding hydrogens is 152 g/mol. The van der Waals surface area contributed by atoms with Crippen LogP contribution in [0.1, 0.15) is 25.7 Å². The van der Waals surface area contributed by atoms with E-state index in [1.54, 1.807) is 0 Å². The molecule has 4 rings (SSSR count). The van der Waals surface area contributed by atoms with Gasteiger partial charge in [-0.2, -0.15) is 0 Å². The van der Waals surface area contributed by atoms with Gasteiger partial charge in [-0.3, -0.25) is 0 Å². The molecule has 1 N–H and O–H groups in total. The van der Waals surface area contributed by atoms with Crippen molar-refractivity contribution in [1.29, 1.82) is 0 Å². The van der Waals surface area contributed by atoms with E-state index in [2.05, 4.69) is 0 Å². The Hall–Kier alpha value is -0.0800. The fourth-order valence-electron chi connectivity index (χ4n) is 4.35. The molecular formula is C10H14O2. The lowest BCUT2D eigenvalue weighted by molar-refractivity contribution is -0.0550. The molecule has 1 aliphatic heterocycles. The molecule has 0 aromatic rings. The molecule has 2 heteroatoms. The first-order valence-corrected chi connectivity index (χ1v) is 5.19. The van der Waals surface area contributed by atoms with Crippen LogP contribution in [0.4, 0.5) is 0 Å². The van der Waals surface area contributed by atoms with Gasteiger partial charge in [0.2, 0.25) is 0 Å². The third-order valence-electron chi connectivity index (χ3n) is 4.79. The first-order valence-electron chi connectivity index (χ1n) is 5.19. The minimum Gasteiger partial charge on any atom is -0.363 e. The molecule has 0 radical (unpaired) electrons. The van der Waals surface area contributed by atoms with E-state index in [1.807, 2.05) is 0 Å². The molecule has 0 amide bonds. The van der Waals surface area contributed by atoms with Gasteiger partial charge in [0.1, 0.15) is 6.10 Å². The van der Waals surface area contributed by atoms with Crippen LogP contribution in [0.15, 0.2) is 0 Å². The molecule has 3 aliphatic carbocycles. The number of hydrogen-bond acceptors (Lipinski definition) is 2. The standard InChI is InChI=1S/C10H14O2/c11-10-8(12-10)4-7-5-1-2-6(3-5)9(7)10/h5-9,11H,1-4H2. The lowest BCUT2D eigenvalue weighted by atomic mass is 9.80. The van der Waals surface area contributed by atoms with E-state index in [9.17, 15) is 5.11 Å². The van der Waals surface area contributed by atoms with Crippen LogP contribution in [0.25, 0.3) is 0 Å². The van der Waals surface area contributed by atoms with Gasteiger partial charge in [0.05, 0.1) is 0 Å². The number of fused-ring (bicyclic) bond motifs is 7. The Bertz CT molecular complexity index is 252. The fraction of sp³-hybridized carbons (Fsp3) is 1.00. The summed E-state index contributed by atoms with van der Waals surface area (Å²) in [5.41, 5.74) is 0. The first-order chi connectivity index (χ1) is 5.79. The van der Waals surface area contributed by atoms with Crippen molar-refractivity contribution in [3.8, 4) is 0 Å². The fourth-order valence-corrected chi connectivity index (χ4v) is 4.35. The molecule has 3 saturated carbocycles. The molecule has 4 aliphatic rings. The number of rotatable bonds is 0. The van der Waals surface area contributed by atoms with Crippen LogP contribution in [0, 0.1) is 23.7 Å². The second-order valence-electron chi connectivity index (χ2n) is 5.12. The van der Waals surface area contributed by atoms with Crippen LogP contribution in [-0.4, -0.2) is 17.0 Å². The van der Waals surface area contributed by atoms with Crippen LogP contribution >= 0.6 is 0 Å². The Morgan fingerprint density at radius 3 is 2.83 bits per heavy atom. The lowest BCUT2D eigenvalue weighted by Crippen LogP contribution is -2.30. The molecule has 0 spiro atoms. The van der Waals surface area contributed by atoms with Crippen molar-refractivity contribution in [2.45, 2.75) is 37.6 Å². The van der Waals surface area contributed by atoms with E-state index >= 15 is 0 Å². The molecule has 0 aromatic carbocycles. The van der Waals surface area contributed by atoms with Crippen molar-refractivity contribution in [3.63, 3.8) is 0 Å². The van der Waals surface area contributed by atoms with E-state index < -0.39 is 5.79 Å². The van der Waals surface area contributed by atoms with Gasteiger partial charge < -0.3 is 9.84 Å². The summed E-state index contributed by atoms with van der Waals surface area (Å²) < 4.78 is 5.36. The van der Waals surface area contributed by atoms with E-state index in [-0.39, 0.29) is 6.10 Å². The molecule has 4 fully saturated rings. The SMILES string of the molecule is OC12OC1CC1C3CCC(C3)C12. The normalized spacial score (nSPS) is 71.2. The predicted octanol–water partition coefficient (Wildman–Crippen LogP) is 1.14. The number of aliphatic hydroxyl groups is 1. The number of hydrogen-bond donors (Lipinski definition) is 1. The Kier molecular flexibility index (Phi) is 0.851. The van der Waals surface area contributed by atoms with Crippen LogP contribution in [0.5, 0.6) is 0 Å². The van der Waals surface area contributed by atoms with Crippen molar-refractivity contribution in [3.05, 3.63) is 0 Å². The maximum absolute atomic E-state index is 10.0. The zero-order valence-corrected chi connectivity index (χ0v) is 7.07. The van der Waals surface area contributed by atoms with E-state index in [1.165, 1.54) is 19.3 Å². The van der Waals surface area contributed by atoms with Gasteiger partial charge in [-0.25, -0.2) is 0 Å². The van der Waals surface area contributed by atoms with Crippen LogP contribution in [0.3, 0.4) is 0 Å². The van der Waals surface area contributed by atoms with Crippen LogP contribution in [-0.2, 0) is 4.74 Å². The van der Waals surface area contributed by atoms with Crippen molar-refractivity contribution in [2.24, 2.45) is 23.7 Å². The predicted molar refractivity (Wildman–Crippen MR) is 42.3 cm³/mol. The Balaban J connectivity index is 1.78. The topological polar surface area (TPSA) is 32.8 Å². The molecule has 0 aromatic heterocycles. The highest BCUT2D eigenvalue weighted by atomic mass is 16.7. The van der Waals surface area contributed by atoms with Crippen molar-refractivity contribution < 1.29 is 9.84 Å². The maximum Gasteiger partial charge on any atom is 0.196 e. The van der Waals surface area contributed by atoms with E-state index in [0.717, 1.165) is 24.2 Å². The maximum atomic E-state index is 10.0. The summed E-state index contributed by atoms with van der Waals surface area (Å²) in [6, 6.07) is 0. The summed E-state index contributed by atoms with van der Waals surface area (Å²) in [4.78, 5) is 0. The zero-order chi connectivity index (χ0) is 7.92.